The fraction of sp³-hybridized carbons (Fsp3) is 0.235. The summed E-state index contributed by atoms with van der Waals surface area (Å²) in [7, 11) is -3.80. The highest BCUT2D eigenvalue weighted by molar-refractivity contribution is 7.89. The lowest BCUT2D eigenvalue weighted by molar-refractivity contribution is 0.0730. The van der Waals surface area contributed by atoms with Gasteiger partial charge in [-0.05, 0) is 36.4 Å². The summed E-state index contributed by atoms with van der Waals surface area (Å²) in [5, 5.41) is 3.30. The molecule has 0 aliphatic carbocycles. The van der Waals surface area contributed by atoms with Crippen molar-refractivity contribution in [3.05, 3.63) is 57.0 Å². The summed E-state index contributed by atoms with van der Waals surface area (Å²) in [5.74, 6) is -0.453. The number of morpholine rings is 1. The highest BCUT2D eigenvalue weighted by atomic mass is 35.5. The van der Waals surface area contributed by atoms with Gasteiger partial charge in [0.2, 0.25) is 10.0 Å². The fourth-order valence-electron chi connectivity index (χ4n) is 2.55. The van der Waals surface area contributed by atoms with Gasteiger partial charge in [-0.3, -0.25) is 4.79 Å². The second-order valence-electron chi connectivity index (χ2n) is 5.74. The largest absolute Gasteiger partial charge is 0.379 e. The zero-order chi connectivity index (χ0) is 19.6. The van der Waals surface area contributed by atoms with Gasteiger partial charge in [-0.2, -0.15) is 4.31 Å². The highest BCUT2D eigenvalue weighted by Crippen LogP contribution is 2.29. The summed E-state index contributed by atoms with van der Waals surface area (Å²) in [6.45, 7) is 1.15. The monoisotopic (exact) mass is 448 g/mol. The van der Waals surface area contributed by atoms with Crippen LogP contribution in [0.1, 0.15) is 10.4 Å². The number of hydrogen-bond acceptors (Lipinski definition) is 4. The predicted octanol–water partition coefficient (Wildman–Crippen LogP) is 3.92. The zero-order valence-electron chi connectivity index (χ0n) is 13.9. The zero-order valence-corrected chi connectivity index (χ0v) is 17.0. The molecular weight excluding hydrogens is 435 g/mol. The maximum Gasteiger partial charge on any atom is 0.255 e. The molecule has 1 saturated heterocycles. The highest BCUT2D eigenvalue weighted by Gasteiger charge is 2.28. The van der Waals surface area contributed by atoms with E-state index < -0.39 is 15.9 Å². The standard InChI is InChI=1S/C17H15Cl3N2O4S/c18-13-3-1-11(9-15(13)20)17(23)21-12-2-4-14(19)16(10-12)27(24,25)22-5-7-26-8-6-22/h1-4,9-10H,5-8H2,(H,21,23). The first kappa shape index (κ1) is 20.4. The van der Waals surface area contributed by atoms with Crippen LogP contribution >= 0.6 is 34.8 Å². The maximum absolute atomic E-state index is 12.8. The van der Waals surface area contributed by atoms with Crippen LogP contribution in [-0.2, 0) is 14.8 Å². The molecule has 1 heterocycles. The van der Waals surface area contributed by atoms with Crippen LogP contribution in [-0.4, -0.2) is 44.9 Å². The number of anilines is 1. The van der Waals surface area contributed by atoms with Crippen LogP contribution < -0.4 is 5.32 Å². The van der Waals surface area contributed by atoms with Gasteiger partial charge >= 0.3 is 0 Å². The van der Waals surface area contributed by atoms with Crippen LogP contribution in [0, 0.1) is 0 Å². The molecule has 2 aromatic carbocycles. The molecule has 0 unspecified atom stereocenters. The van der Waals surface area contributed by atoms with Crippen LogP contribution in [0.4, 0.5) is 5.69 Å². The van der Waals surface area contributed by atoms with Gasteiger partial charge in [-0.15, -0.1) is 0 Å². The topological polar surface area (TPSA) is 75.7 Å². The molecule has 1 aliphatic rings. The van der Waals surface area contributed by atoms with Crippen LogP contribution in [0.3, 0.4) is 0 Å². The van der Waals surface area contributed by atoms with E-state index in [0.717, 1.165) is 0 Å². The number of halogens is 3. The summed E-state index contributed by atoms with van der Waals surface area (Å²) in [6, 6.07) is 8.75. The Morgan fingerprint density at radius 3 is 2.30 bits per heavy atom. The third-order valence-electron chi connectivity index (χ3n) is 3.96. The van der Waals surface area contributed by atoms with Crippen molar-refractivity contribution in [2.75, 3.05) is 31.6 Å². The second kappa shape index (κ2) is 8.34. The molecule has 1 fully saturated rings. The van der Waals surface area contributed by atoms with Crippen LogP contribution in [0.25, 0.3) is 0 Å². The Labute approximate surface area is 172 Å². The van der Waals surface area contributed by atoms with E-state index >= 15 is 0 Å². The third kappa shape index (κ3) is 4.56. The molecule has 0 spiro atoms. The van der Waals surface area contributed by atoms with Crippen LogP contribution in [0.5, 0.6) is 0 Å². The Balaban J connectivity index is 1.86. The molecule has 3 rings (SSSR count). The number of amides is 1. The summed E-state index contributed by atoms with van der Waals surface area (Å²) in [5.41, 5.74) is 0.583. The van der Waals surface area contributed by atoms with Crippen molar-refractivity contribution in [3.8, 4) is 0 Å². The summed E-state index contributed by atoms with van der Waals surface area (Å²) in [6.07, 6.45) is 0. The first-order chi connectivity index (χ1) is 12.8. The number of nitrogens with one attached hydrogen (secondary N) is 1. The van der Waals surface area contributed by atoms with Gasteiger partial charge in [0.15, 0.2) is 0 Å². The molecule has 0 aromatic heterocycles. The Kier molecular flexibility index (Phi) is 6.30. The quantitative estimate of drug-likeness (QED) is 0.767. The molecule has 1 N–H and O–H groups in total. The van der Waals surface area contributed by atoms with E-state index in [9.17, 15) is 13.2 Å². The molecule has 27 heavy (non-hydrogen) atoms. The third-order valence-corrected chi connectivity index (χ3v) is 7.08. The van der Waals surface area contributed by atoms with E-state index in [1.807, 2.05) is 0 Å². The maximum atomic E-state index is 12.8. The minimum atomic E-state index is -3.80. The number of carbonyl (C=O) groups excluding carboxylic acids is 1. The Morgan fingerprint density at radius 2 is 1.63 bits per heavy atom. The number of ether oxygens (including phenoxy) is 1. The van der Waals surface area contributed by atoms with E-state index in [0.29, 0.717) is 23.9 Å². The molecule has 1 aliphatic heterocycles. The lowest BCUT2D eigenvalue weighted by Crippen LogP contribution is -2.40. The lowest BCUT2D eigenvalue weighted by Gasteiger charge is -2.26. The normalized spacial score (nSPS) is 15.5. The average Bonchev–Trinajstić information content (AvgIpc) is 2.66. The number of sulfonamides is 1. The van der Waals surface area contributed by atoms with Crippen LogP contribution in [0.2, 0.25) is 15.1 Å². The molecule has 144 valence electrons. The first-order valence-electron chi connectivity index (χ1n) is 7.93. The summed E-state index contributed by atoms with van der Waals surface area (Å²) in [4.78, 5) is 12.3. The van der Waals surface area contributed by atoms with Gasteiger partial charge in [0.25, 0.3) is 5.91 Å². The number of rotatable bonds is 4. The van der Waals surface area contributed by atoms with Gasteiger partial charge in [-0.25, -0.2) is 8.42 Å². The van der Waals surface area contributed by atoms with Gasteiger partial charge < -0.3 is 10.1 Å². The van der Waals surface area contributed by atoms with Crippen molar-refractivity contribution in [3.63, 3.8) is 0 Å². The van der Waals surface area contributed by atoms with E-state index in [-0.39, 0.29) is 33.6 Å². The second-order valence-corrected chi connectivity index (χ2v) is 8.87. The molecule has 0 atom stereocenters. The van der Waals surface area contributed by atoms with Gasteiger partial charge in [0, 0.05) is 24.3 Å². The molecule has 10 heteroatoms. The summed E-state index contributed by atoms with van der Waals surface area (Å²) < 4.78 is 32.2. The van der Waals surface area contributed by atoms with Crippen molar-refractivity contribution in [1.29, 1.82) is 0 Å². The van der Waals surface area contributed by atoms with Gasteiger partial charge in [0.05, 0.1) is 28.3 Å². The lowest BCUT2D eigenvalue weighted by atomic mass is 10.2. The minimum absolute atomic E-state index is 0.0713. The fourth-order valence-corrected chi connectivity index (χ4v) is 4.75. The van der Waals surface area contributed by atoms with Crippen molar-refractivity contribution < 1.29 is 17.9 Å². The molecule has 6 nitrogen and oxygen atoms in total. The average molecular weight is 450 g/mol. The molecule has 1 amide bonds. The molecular formula is C17H15Cl3N2O4S. The van der Waals surface area contributed by atoms with Crippen molar-refractivity contribution >= 4 is 56.4 Å². The van der Waals surface area contributed by atoms with E-state index in [1.165, 1.54) is 40.7 Å². The Morgan fingerprint density at radius 1 is 0.963 bits per heavy atom. The van der Waals surface area contributed by atoms with Crippen molar-refractivity contribution in [1.82, 2.24) is 4.31 Å². The summed E-state index contributed by atoms with van der Waals surface area (Å²) >= 11 is 17.9. The van der Waals surface area contributed by atoms with Gasteiger partial charge in [-0.1, -0.05) is 34.8 Å². The van der Waals surface area contributed by atoms with Crippen molar-refractivity contribution in [2.45, 2.75) is 4.90 Å². The molecule has 0 radical (unpaired) electrons. The minimum Gasteiger partial charge on any atom is -0.379 e. The Bertz CT molecular complexity index is 976. The first-order valence-corrected chi connectivity index (χ1v) is 10.5. The van der Waals surface area contributed by atoms with E-state index in [2.05, 4.69) is 5.32 Å². The number of carbonyl (C=O) groups is 1. The van der Waals surface area contributed by atoms with E-state index in [4.69, 9.17) is 39.5 Å². The van der Waals surface area contributed by atoms with Crippen molar-refractivity contribution in [2.24, 2.45) is 0 Å². The predicted molar refractivity (Wildman–Crippen MR) is 105 cm³/mol. The smallest absolute Gasteiger partial charge is 0.255 e. The van der Waals surface area contributed by atoms with E-state index in [1.54, 1.807) is 0 Å². The number of nitrogens with zero attached hydrogens (tertiary/aromatic N) is 1. The molecule has 0 saturated carbocycles. The number of hydrogen-bond donors (Lipinski definition) is 1. The number of benzene rings is 2. The molecule has 2 aromatic rings. The SMILES string of the molecule is O=C(Nc1ccc(Cl)c(S(=O)(=O)N2CCOCC2)c1)c1ccc(Cl)c(Cl)c1. The van der Waals surface area contributed by atoms with Gasteiger partial charge in [0.1, 0.15) is 4.90 Å². The Hall–Kier alpha value is -1.35. The van der Waals surface area contributed by atoms with Crippen LogP contribution in [0.15, 0.2) is 41.3 Å². The molecule has 0 bridgehead atoms.